The van der Waals surface area contributed by atoms with E-state index in [2.05, 4.69) is 465 Å². The Morgan fingerprint density at radius 2 is 0.531 bits per heavy atom. The number of hydrogen-bond donors (Lipinski definition) is 0. The zero-order valence-electron chi connectivity index (χ0n) is 66.1. The molecule has 0 saturated heterocycles. The maximum absolute atomic E-state index is 2.68. The van der Waals surface area contributed by atoms with Crippen LogP contribution in [0, 0.1) is 0 Å². The van der Waals surface area contributed by atoms with E-state index in [-0.39, 0.29) is 22.2 Å². The Morgan fingerprint density at radius 1 is 0.239 bits per heavy atom. The molecule has 0 saturated carbocycles. The molecular weight excluding hydrogens is 1370 g/mol. The third-order valence-electron chi connectivity index (χ3n) is 22.9. The second-order valence-corrected chi connectivity index (χ2v) is 33.6. The molecule has 0 unspecified atom stereocenters. The third kappa shape index (κ3) is 11.7. The van der Waals surface area contributed by atoms with Crippen LogP contribution in [0.2, 0.25) is 0 Å². The van der Waals surface area contributed by atoms with Crippen LogP contribution in [0.1, 0.15) is 104 Å². The summed E-state index contributed by atoms with van der Waals surface area (Å²) < 4.78 is 15.5. The molecule has 8 nitrogen and oxygen atoms in total. The molecule has 8 heteroatoms. The van der Waals surface area contributed by atoms with Crippen molar-refractivity contribution < 1.29 is 0 Å². The molecule has 19 rings (SSSR count). The molecule has 4 aromatic heterocycles. The van der Waals surface area contributed by atoms with Crippen LogP contribution < -0.4 is 9.80 Å². The van der Waals surface area contributed by atoms with Gasteiger partial charge in [0, 0.05) is 50.9 Å². The van der Waals surface area contributed by atoms with Crippen molar-refractivity contribution in [1.82, 2.24) is 27.1 Å². The maximum Gasteiger partial charge on any atom is 0.0949 e. The van der Waals surface area contributed by atoms with Crippen LogP contribution in [-0.2, 0) is 16.2 Å². The van der Waals surface area contributed by atoms with Crippen LogP contribution in [0.15, 0.2) is 352 Å². The van der Waals surface area contributed by atoms with Gasteiger partial charge in [-0.2, -0.15) is 0 Å². The van der Waals surface area contributed by atoms with Crippen LogP contribution >= 0.6 is 0 Å². The highest BCUT2D eigenvalue weighted by Crippen LogP contribution is 2.52. The minimum atomic E-state index is -0.245. The van der Waals surface area contributed by atoms with E-state index in [9.17, 15) is 0 Å². The average molecular weight is 1470 g/mol. The van der Waals surface area contributed by atoms with Crippen molar-refractivity contribution in [2.75, 3.05) is 9.80 Å². The summed E-state index contributed by atoms with van der Waals surface area (Å²) in [5, 5.41) is 0. The standard InChI is InChI=1S/C105H92N8/c1-70(2)78-50-27-31-56-84(78)109(85-57-32-28-53-81(85)103(3,4)5)76-64-97-102-99(67-76)113(100-79(71-40-17-12-18-41-71)51-39-52-80(100)72-42-19-13-20-43-72)95-68-92-93(69-94(95)112(102)91-63-38-36-61-89(91)107(97)74-46-23-15-24-47-74)111-90-62-37-35-60-88(90)106(73-44-21-14-22-45-73)96-65-77(66-98(101(96)111)108(92)75-48-25-16-26-49-75)110(86-58-33-29-54-82(86)104(6,7)8)87-59-34-30-55-83(87)105(9,10)11/h12-70H,1-11H3. The van der Waals surface area contributed by atoms with E-state index in [1.807, 2.05) is 0 Å². The number of nitrogens with zero attached hydrogens (tertiary/aromatic N) is 8. The smallest absolute Gasteiger partial charge is 0.0949 e. The lowest BCUT2D eigenvalue weighted by atomic mass is 9.83. The second kappa shape index (κ2) is 27.3. The monoisotopic (exact) mass is 1460 g/mol. The molecule has 552 valence electrons. The fourth-order valence-electron chi connectivity index (χ4n) is 18.0. The fourth-order valence-corrected chi connectivity index (χ4v) is 18.0. The summed E-state index contributed by atoms with van der Waals surface area (Å²) in [5.74, 6) is 0.190. The minimum absolute atomic E-state index is 0.190. The van der Waals surface area contributed by atoms with Gasteiger partial charge in [0.1, 0.15) is 0 Å². The van der Waals surface area contributed by atoms with Gasteiger partial charge in [0.05, 0.1) is 94.3 Å². The molecule has 0 aliphatic heterocycles. The number of anilines is 6. The molecule has 0 bridgehead atoms. The lowest BCUT2D eigenvalue weighted by Crippen LogP contribution is -2.23. The van der Waals surface area contributed by atoms with Gasteiger partial charge in [-0.25, -0.2) is 0 Å². The minimum Gasteiger partial charge on any atom is -0.310 e. The van der Waals surface area contributed by atoms with E-state index >= 15 is 0 Å². The maximum atomic E-state index is 2.68. The van der Waals surface area contributed by atoms with E-state index in [0.29, 0.717) is 0 Å². The summed E-state index contributed by atoms with van der Waals surface area (Å²) in [7, 11) is 0. The normalized spacial score (nSPS) is 12.3. The van der Waals surface area contributed by atoms with Gasteiger partial charge in [-0.1, -0.05) is 307 Å². The summed E-state index contributed by atoms with van der Waals surface area (Å²) in [5.41, 5.74) is 33.9. The number of hydrogen-bond acceptors (Lipinski definition) is 2. The Bertz CT molecular complexity index is 6820. The summed E-state index contributed by atoms with van der Waals surface area (Å²) in [6, 6.07) is 132. The highest BCUT2D eigenvalue weighted by atomic mass is 15.2. The number of para-hydroxylation sites is 12. The molecule has 4 heterocycles. The van der Waals surface area contributed by atoms with Crippen molar-refractivity contribution in [2.45, 2.75) is 98.3 Å². The topological polar surface area (TPSA) is 35.0 Å². The Balaban J connectivity index is 1.11. The Kier molecular flexibility index (Phi) is 17.0. The van der Waals surface area contributed by atoms with Crippen molar-refractivity contribution in [3.8, 4) is 45.0 Å². The van der Waals surface area contributed by atoms with Crippen LogP contribution in [0.3, 0.4) is 0 Å². The molecule has 0 fully saturated rings. The summed E-state index contributed by atoms with van der Waals surface area (Å²) in [4.78, 5) is 5.16. The van der Waals surface area contributed by atoms with E-state index in [1.165, 1.54) is 22.3 Å². The lowest BCUT2D eigenvalue weighted by Gasteiger charge is -2.36. The molecule has 0 spiro atoms. The third-order valence-corrected chi connectivity index (χ3v) is 22.9. The predicted octanol–water partition coefficient (Wildman–Crippen LogP) is 28.7. The molecule has 113 heavy (non-hydrogen) atoms. The molecule has 0 aliphatic carbocycles. The first-order chi connectivity index (χ1) is 54.9. The molecular formula is C105H92N8. The lowest BCUT2D eigenvalue weighted by molar-refractivity contribution is 0.587. The van der Waals surface area contributed by atoms with Gasteiger partial charge in [-0.15, -0.1) is 0 Å². The molecule has 0 N–H and O–H groups in total. The van der Waals surface area contributed by atoms with Crippen LogP contribution in [0.4, 0.5) is 34.1 Å². The van der Waals surface area contributed by atoms with Crippen molar-refractivity contribution >= 4 is 111 Å². The number of aromatic nitrogens is 6. The molecule has 0 atom stereocenters. The van der Waals surface area contributed by atoms with Crippen LogP contribution in [-0.4, -0.2) is 27.1 Å². The van der Waals surface area contributed by atoms with Crippen LogP contribution in [0.25, 0.3) is 122 Å². The highest BCUT2D eigenvalue weighted by Gasteiger charge is 2.34. The quantitative estimate of drug-likeness (QED) is 0.0852. The predicted molar refractivity (Wildman–Crippen MR) is 479 cm³/mol. The summed E-state index contributed by atoms with van der Waals surface area (Å²) in [6.45, 7) is 25.8. The number of fused-ring (bicyclic) bond motifs is 8. The fraction of sp³-hybridized carbons (Fsp3) is 0.143. The van der Waals surface area contributed by atoms with Gasteiger partial charge in [-0.05, 0) is 177 Å². The number of benzene rings is 15. The average Bonchev–Trinajstić information content (AvgIpc) is 0.682. The zero-order valence-corrected chi connectivity index (χ0v) is 66.1. The van der Waals surface area contributed by atoms with Crippen molar-refractivity contribution in [3.63, 3.8) is 0 Å². The van der Waals surface area contributed by atoms with E-state index in [1.54, 1.807) is 0 Å². The van der Waals surface area contributed by atoms with E-state index in [0.717, 1.165) is 156 Å². The van der Waals surface area contributed by atoms with Crippen molar-refractivity contribution in [1.29, 1.82) is 0 Å². The van der Waals surface area contributed by atoms with Crippen LogP contribution in [0.5, 0.6) is 0 Å². The van der Waals surface area contributed by atoms with Gasteiger partial charge >= 0.3 is 0 Å². The van der Waals surface area contributed by atoms with Gasteiger partial charge in [0.25, 0.3) is 0 Å². The molecule has 19 aromatic rings. The Morgan fingerprint density at radius 3 is 0.912 bits per heavy atom. The first-order valence-electron chi connectivity index (χ1n) is 39.8. The van der Waals surface area contributed by atoms with Gasteiger partial charge < -0.3 is 36.9 Å². The number of rotatable bonds is 13. The van der Waals surface area contributed by atoms with Gasteiger partial charge in [0.2, 0.25) is 0 Å². The largest absolute Gasteiger partial charge is 0.310 e. The first-order valence-corrected chi connectivity index (χ1v) is 39.8. The zero-order chi connectivity index (χ0) is 77.2. The SMILES string of the molecule is CC(C)c1ccccc1N(c1cc2c3c(c1)n(-c1c(-c4ccccc4)cccc1-c1ccccc1)c1cc4c(cc1n3c1ccccc1n2-c1ccccc1)n1c2ccccc2n(-c2ccccc2)c2cc(N(c3ccccc3C(C)(C)C)c3ccccc3C(C)(C)C)cc(c21)n4-c1ccccc1)c1ccccc1C(C)(C)C. The molecule has 15 aromatic carbocycles. The highest BCUT2D eigenvalue weighted by molar-refractivity contribution is 6.14. The van der Waals surface area contributed by atoms with Gasteiger partial charge in [-0.3, -0.25) is 0 Å². The Hall–Kier alpha value is -13.3. The van der Waals surface area contributed by atoms with Crippen molar-refractivity contribution in [3.05, 3.63) is 374 Å². The molecule has 0 radical (unpaired) electrons. The van der Waals surface area contributed by atoms with Crippen molar-refractivity contribution in [2.24, 2.45) is 0 Å². The van der Waals surface area contributed by atoms with Gasteiger partial charge in [0.15, 0.2) is 0 Å². The summed E-state index contributed by atoms with van der Waals surface area (Å²) >= 11 is 0. The Labute approximate surface area is 661 Å². The summed E-state index contributed by atoms with van der Waals surface area (Å²) in [6.07, 6.45) is 0. The first kappa shape index (κ1) is 70.1. The molecule has 0 aliphatic rings. The van der Waals surface area contributed by atoms with E-state index in [4.69, 9.17) is 0 Å². The second-order valence-electron chi connectivity index (χ2n) is 33.6. The van der Waals surface area contributed by atoms with E-state index < -0.39 is 0 Å². The molecule has 0 amide bonds.